The zero-order chi connectivity index (χ0) is 15.9. The Morgan fingerprint density at radius 2 is 2.14 bits per heavy atom. The summed E-state index contributed by atoms with van der Waals surface area (Å²) in [6.07, 6.45) is 1.27. The molecule has 0 N–H and O–H groups in total. The maximum absolute atomic E-state index is 13.0. The Morgan fingerprint density at radius 3 is 2.91 bits per heavy atom. The van der Waals surface area contributed by atoms with Gasteiger partial charge in [-0.2, -0.15) is 0 Å². The highest BCUT2D eigenvalue weighted by molar-refractivity contribution is 9.10. The second-order valence-electron chi connectivity index (χ2n) is 4.84. The summed E-state index contributed by atoms with van der Waals surface area (Å²) >= 11 is 9.27. The molecule has 0 saturated carbocycles. The summed E-state index contributed by atoms with van der Waals surface area (Å²) < 4.78 is 33.3. The van der Waals surface area contributed by atoms with Crippen molar-refractivity contribution in [2.75, 3.05) is 10.8 Å². The number of anilines is 1. The monoisotopic (exact) mass is 402 g/mol. The molecule has 3 rings (SSSR count). The molecule has 0 aliphatic carbocycles. The van der Waals surface area contributed by atoms with Crippen molar-refractivity contribution in [3.8, 4) is 5.88 Å². The highest BCUT2D eigenvalue weighted by Gasteiger charge is 2.34. The minimum Gasteiger partial charge on any atom is -0.471 e. The third-order valence-corrected chi connectivity index (χ3v) is 6.72. The molecule has 0 radical (unpaired) electrons. The lowest BCUT2D eigenvalue weighted by Crippen LogP contribution is -2.42. The SMILES string of the molecule is C[C@H]1CN(S(=O)(=O)c2cccc(Cl)c2Br)c2cccnc2O1. The van der Waals surface area contributed by atoms with E-state index in [1.165, 1.54) is 10.4 Å². The van der Waals surface area contributed by atoms with Crippen molar-refractivity contribution in [3.63, 3.8) is 0 Å². The molecular weight excluding hydrogens is 392 g/mol. The predicted octanol–water partition coefficient (Wildman–Crippen LogP) is 3.47. The Labute approximate surface area is 142 Å². The molecule has 0 unspecified atom stereocenters. The van der Waals surface area contributed by atoms with Crippen LogP contribution in [-0.4, -0.2) is 26.1 Å². The van der Waals surface area contributed by atoms with Gasteiger partial charge in [0.25, 0.3) is 10.0 Å². The molecule has 116 valence electrons. The van der Waals surface area contributed by atoms with E-state index in [4.69, 9.17) is 16.3 Å². The van der Waals surface area contributed by atoms with Gasteiger partial charge >= 0.3 is 0 Å². The molecule has 5 nitrogen and oxygen atoms in total. The Balaban J connectivity index is 2.16. The summed E-state index contributed by atoms with van der Waals surface area (Å²) in [6, 6.07) is 8.09. The Kier molecular flexibility index (Phi) is 4.05. The summed E-state index contributed by atoms with van der Waals surface area (Å²) in [5.74, 6) is 0.308. The molecule has 0 bridgehead atoms. The van der Waals surface area contributed by atoms with Crippen LogP contribution in [0, 0.1) is 0 Å². The van der Waals surface area contributed by atoms with Crippen LogP contribution in [0.25, 0.3) is 0 Å². The van der Waals surface area contributed by atoms with E-state index in [1.807, 2.05) is 0 Å². The van der Waals surface area contributed by atoms with Crippen molar-refractivity contribution < 1.29 is 13.2 Å². The van der Waals surface area contributed by atoms with Crippen LogP contribution in [0.3, 0.4) is 0 Å². The lowest BCUT2D eigenvalue weighted by molar-refractivity contribution is 0.210. The largest absolute Gasteiger partial charge is 0.471 e. The molecule has 1 atom stereocenters. The smallest absolute Gasteiger partial charge is 0.265 e. The lowest BCUT2D eigenvalue weighted by Gasteiger charge is -2.33. The summed E-state index contributed by atoms with van der Waals surface area (Å²) in [4.78, 5) is 4.22. The van der Waals surface area contributed by atoms with Crippen molar-refractivity contribution in [1.82, 2.24) is 4.98 Å². The van der Waals surface area contributed by atoms with Crippen molar-refractivity contribution in [1.29, 1.82) is 0 Å². The average Bonchev–Trinajstić information content (AvgIpc) is 2.49. The van der Waals surface area contributed by atoms with Crippen LogP contribution < -0.4 is 9.04 Å². The molecule has 2 aromatic rings. The Bertz CT molecular complexity index is 829. The first-order valence-electron chi connectivity index (χ1n) is 6.49. The van der Waals surface area contributed by atoms with E-state index >= 15 is 0 Å². The number of halogens is 2. The van der Waals surface area contributed by atoms with Gasteiger partial charge in [0.1, 0.15) is 16.7 Å². The third kappa shape index (κ3) is 2.57. The zero-order valence-corrected chi connectivity index (χ0v) is 14.7. The van der Waals surface area contributed by atoms with Crippen molar-refractivity contribution in [2.24, 2.45) is 0 Å². The zero-order valence-electron chi connectivity index (χ0n) is 11.5. The third-order valence-electron chi connectivity index (χ3n) is 3.24. The quantitative estimate of drug-likeness (QED) is 0.770. The Hall–Kier alpha value is -1.31. The van der Waals surface area contributed by atoms with Gasteiger partial charge in [0.05, 0.1) is 16.0 Å². The van der Waals surface area contributed by atoms with E-state index < -0.39 is 10.0 Å². The number of hydrogen-bond donors (Lipinski definition) is 0. The second-order valence-corrected chi connectivity index (χ2v) is 7.88. The first kappa shape index (κ1) is 15.6. The molecule has 0 amide bonds. The van der Waals surface area contributed by atoms with E-state index in [-0.39, 0.29) is 17.5 Å². The number of ether oxygens (including phenoxy) is 1. The number of rotatable bonds is 2. The fourth-order valence-electron chi connectivity index (χ4n) is 2.25. The number of pyridine rings is 1. The first-order valence-corrected chi connectivity index (χ1v) is 9.11. The van der Waals surface area contributed by atoms with Gasteiger partial charge < -0.3 is 4.74 Å². The number of sulfonamides is 1. The summed E-state index contributed by atoms with van der Waals surface area (Å²) in [5.41, 5.74) is 0.424. The molecule has 1 aliphatic heterocycles. The molecule has 1 aromatic heterocycles. The maximum atomic E-state index is 13.0. The topological polar surface area (TPSA) is 59.5 Å². The number of fused-ring (bicyclic) bond motifs is 1. The molecular formula is C14H12BrClN2O3S. The highest BCUT2D eigenvalue weighted by atomic mass is 79.9. The van der Waals surface area contributed by atoms with Crippen LogP contribution in [0.15, 0.2) is 45.9 Å². The normalized spacial score (nSPS) is 17.8. The molecule has 22 heavy (non-hydrogen) atoms. The summed E-state index contributed by atoms with van der Waals surface area (Å²) in [7, 11) is -3.78. The van der Waals surface area contributed by atoms with Crippen LogP contribution in [0.1, 0.15) is 6.92 Å². The van der Waals surface area contributed by atoms with Crippen LogP contribution in [0.4, 0.5) is 5.69 Å². The van der Waals surface area contributed by atoms with E-state index in [1.54, 1.807) is 37.4 Å². The average molecular weight is 404 g/mol. The second kappa shape index (κ2) is 5.72. The van der Waals surface area contributed by atoms with Crippen LogP contribution in [0.2, 0.25) is 5.02 Å². The van der Waals surface area contributed by atoms with Crippen molar-refractivity contribution in [2.45, 2.75) is 17.9 Å². The number of aromatic nitrogens is 1. The minimum atomic E-state index is -3.78. The van der Waals surface area contributed by atoms with E-state index in [9.17, 15) is 8.42 Å². The fraction of sp³-hybridized carbons (Fsp3) is 0.214. The molecule has 0 fully saturated rings. The van der Waals surface area contributed by atoms with Crippen LogP contribution in [0.5, 0.6) is 5.88 Å². The van der Waals surface area contributed by atoms with Gasteiger partial charge in [-0.15, -0.1) is 0 Å². The van der Waals surface area contributed by atoms with Gasteiger partial charge in [0, 0.05) is 6.20 Å². The molecule has 8 heteroatoms. The molecule has 1 aromatic carbocycles. The maximum Gasteiger partial charge on any atom is 0.265 e. The highest BCUT2D eigenvalue weighted by Crippen LogP contribution is 2.38. The van der Waals surface area contributed by atoms with E-state index in [2.05, 4.69) is 20.9 Å². The summed E-state index contributed by atoms with van der Waals surface area (Å²) in [6.45, 7) is 2.01. The summed E-state index contributed by atoms with van der Waals surface area (Å²) in [5, 5.41) is 0.341. The predicted molar refractivity (Wildman–Crippen MR) is 88.0 cm³/mol. The number of nitrogens with zero attached hydrogens (tertiary/aromatic N) is 2. The Morgan fingerprint density at radius 1 is 1.36 bits per heavy atom. The van der Waals surface area contributed by atoms with E-state index in [0.29, 0.717) is 21.1 Å². The van der Waals surface area contributed by atoms with Crippen molar-refractivity contribution >= 4 is 43.2 Å². The van der Waals surface area contributed by atoms with Gasteiger partial charge in [-0.25, -0.2) is 13.4 Å². The number of hydrogen-bond acceptors (Lipinski definition) is 4. The van der Waals surface area contributed by atoms with Gasteiger partial charge in [-0.05, 0) is 47.1 Å². The van der Waals surface area contributed by atoms with Crippen LogP contribution >= 0.6 is 27.5 Å². The standard InChI is InChI=1S/C14H12BrClN2O3S/c1-9-8-18(11-5-3-7-17-14(11)21-9)22(19,20)12-6-2-4-10(16)13(12)15/h2-7,9H,8H2,1H3/t9-/m0/s1. The van der Waals surface area contributed by atoms with Gasteiger partial charge in [0.2, 0.25) is 5.88 Å². The van der Waals surface area contributed by atoms with Gasteiger partial charge in [-0.3, -0.25) is 4.31 Å². The first-order chi connectivity index (χ1) is 10.4. The van der Waals surface area contributed by atoms with Crippen LogP contribution in [-0.2, 0) is 10.0 Å². The van der Waals surface area contributed by atoms with Gasteiger partial charge in [-0.1, -0.05) is 17.7 Å². The molecule has 2 heterocycles. The lowest BCUT2D eigenvalue weighted by atomic mass is 10.3. The molecule has 0 saturated heterocycles. The minimum absolute atomic E-state index is 0.115. The fourth-order valence-corrected chi connectivity index (χ4v) is 4.99. The molecule has 1 aliphatic rings. The van der Waals surface area contributed by atoms with Gasteiger partial charge in [0.15, 0.2) is 0 Å². The van der Waals surface area contributed by atoms with E-state index in [0.717, 1.165) is 0 Å². The van der Waals surface area contributed by atoms with Crippen molar-refractivity contribution in [3.05, 3.63) is 46.0 Å². The number of benzene rings is 1. The molecule has 0 spiro atoms.